The number of aryl methyl sites for hydroxylation is 1. The summed E-state index contributed by atoms with van der Waals surface area (Å²) in [4.78, 5) is 17.2. The number of carbonyl (C=O) groups excluding carboxylic acids is 1. The number of ether oxygens (including phenoxy) is 3. The maximum Gasteiger partial charge on any atom is 0.251 e. The SMILES string of the molecule is COc1ccc(C(=O)NCCCCCc2nc3ccccc3n2CCOc2cccc(OC)c2)cc1. The fourth-order valence-corrected chi connectivity index (χ4v) is 4.14. The molecule has 7 heteroatoms. The molecule has 0 bridgehead atoms. The van der Waals surface area contributed by atoms with E-state index in [1.807, 2.05) is 42.5 Å². The molecule has 188 valence electrons. The van der Waals surface area contributed by atoms with Crippen LogP contribution in [0.1, 0.15) is 35.4 Å². The Morgan fingerprint density at radius 1 is 0.861 bits per heavy atom. The highest BCUT2D eigenvalue weighted by molar-refractivity contribution is 5.94. The summed E-state index contributed by atoms with van der Waals surface area (Å²) in [6, 6.07) is 23.0. The van der Waals surface area contributed by atoms with Gasteiger partial charge in [0.2, 0.25) is 0 Å². The van der Waals surface area contributed by atoms with Crippen LogP contribution in [0.4, 0.5) is 0 Å². The Morgan fingerprint density at radius 3 is 2.44 bits per heavy atom. The van der Waals surface area contributed by atoms with Gasteiger partial charge in [-0.15, -0.1) is 0 Å². The molecule has 0 unspecified atom stereocenters. The van der Waals surface area contributed by atoms with Gasteiger partial charge in [0.25, 0.3) is 5.91 Å². The molecule has 0 aliphatic heterocycles. The van der Waals surface area contributed by atoms with Crippen molar-refractivity contribution in [3.8, 4) is 17.2 Å². The Hall–Kier alpha value is -4.00. The van der Waals surface area contributed by atoms with Crippen LogP contribution in [0.5, 0.6) is 17.2 Å². The summed E-state index contributed by atoms with van der Waals surface area (Å²) >= 11 is 0. The Kier molecular flexibility index (Phi) is 8.81. The predicted molar refractivity (Wildman–Crippen MR) is 141 cm³/mol. The van der Waals surface area contributed by atoms with Crippen LogP contribution in [-0.4, -0.2) is 42.8 Å². The summed E-state index contributed by atoms with van der Waals surface area (Å²) in [6.45, 7) is 1.90. The van der Waals surface area contributed by atoms with E-state index in [0.29, 0.717) is 25.3 Å². The Labute approximate surface area is 212 Å². The number of nitrogens with zero attached hydrogens (tertiary/aromatic N) is 2. The fourth-order valence-electron chi connectivity index (χ4n) is 4.14. The molecule has 0 radical (unpaired) electrons. The number of nitrogens with one attached hydrogen (secondary N) is 1. The van der Waals surface area contributed by atoms with Crippen molar-refractivity contribution in [3.63, 3.8) is 0 Å². The van der Waals surface area contributed by atoms with Crippen LogP contribution in [-0.2, 0) is 13.0 Å². The summed E-state index contributed by atoms with van der Waals surface area (Å²) in [6.07, 6.45) is 3.80. The Balaban J connectivity index is 1.26. The summed E-state index contributed by atoms with van der Waals surface area (Å²) in [5.74, 6) is 3.31. The van der Waals surface area contributed by atoms with E-state index >= 15 is 0 Å². The average molecular weight is 488 g/mol. The fraction of sp³-hybridized carbons (Fsp3) is 0.310. The molecule has 1 amide bonds. The minimum Gasteiger partial charge on any atom is -0.497 e. The average Bonchev–Trinajstić information content (AvgIpc) is 3.28. The summed E-state index contributed by atoms with van der Waals surface area (Å²) < 4.78 is 18.6. The number of rotatable bonds is 13. The van der Waals surface area contributed by atoms with E-state index in [1.54, 1.807) is 38.5 Å². The molecular weight excluding hydrogens is 454 g/mol. The number of hydrogen-bond acceptors (Lipinski definition) is 5. The number of fused-ring (bicyclic) bond motifs is 1. The van der Waals surface area contributed by atoms with Gasteiger partial charge in [0.1, 0.15) is 29.7 Å². The van der Waals surface area contributed by atoms with E-state index in [0.717, 1.165) is 59.8 Å². The van der Waals surface area contributed by atoms with Crippen LogP contribution in [0.15, 0.2) is 72.8 Å². The smallest absolute Gasteiger partial charge is 0.251 e. The molecule has 0 saturated heterocycles. The minimum atomic E-state index is -0.0597. The number of amides is 1. The molecule has 1 aromatic heterocycles. The van der Waals surface area contributed by atoms with Crippen LogP contribution in [0.3, 0.4) is 0 Å². The van der Waals surface area contributed by atoms with Crippen molar-refractivity contribution in [2.75, 3.05) is 27.4 Å². The third-order valence-electron chi connectivity index (χ3n) is 6.07. The monoisotopic (exact) mass is 487 g/mol. The molecule has 1 heterocycles. The van der Waals surface area contributed by atoms with Gasteiger partial charge in [-0.2, -0.15) is 0 Å². The zero-order valence-electron chi connectivity index (χ0n) is 20.9. The lowest BCUT2D eigenvalue weighted by molar-refractivity contribution is 0.0953. The molecule has 0 aliphatic rings. The number of hydrogen-bond donors (Lipinski definition) is 1. The van der Waals surface area contributed by atoms with Gasteiger partial charge in [-0.3, -0.25) is 4.79 Å². The van der Waals surface area contributed by atoms with Gasteiger partial charge >= 0.3 is 0 Å². The largest absolute Gasteiger partial charge is 0.497 e. The molecule has 1 N–H and O–H groups in total. The van der Waals surface area contributed by atoms with Gasteiger partial charge in [-0.25, -0.2) is 4.98 Å². The summed E-state index contributed by atoms with van der Waals surface area (Å²) in [5.41, 5.74) is 2.76. The number of aromatic nitrogens is 2. The zero-order valence-corrected chi connectivity index (χ0v) is 20.9. The van der Waals surface area contributed by atoms with E-state index in [4.69, 9.17) is 19.2 Å². The molecule has 36 heavy (non-hydrogen) atoms. The molecule has 0 fully saturated rings. The zero-order chi connectivity index (χ0) is 25.2. The lowest BCUT2D eigenvalue weighted by Crippen LogP contribution is -2.24. The van der Waals surface area contributed by atoms with Gasteiger partial charge < -0.3 is 24.1 Å². The van der Waals surface area contributed by atoms with Crippen LogP contribution in [0.2, 0.25) is 0 Å². The number of para-hydroxylation sites is 2. The number of imidazole rings is 1. The second kappa shape index (κ2) is 12.6. The molecule has 3 aromatic carbocycles. The number of carbonyl (C=O) groups is 1. The van der Waals surface area contributed by atoms with Crippen LogP contribution in [0.25, 0.3) is 11.0 Å². The van der Waals surface area contributed by atoms with E-state index in [9.17, 15) is 4.79 Å². The topological polar surface area (TPSA) is 74.6 Å². The lowest BCUT2D eigenvalue weighted by atomic mass is 10.1. The summed E-state index contributed by atoms with van der Waals surface area (Å²) in [7, 11) is 3.26. The lowest BCUT2D eigenvalue weighted by Gasteiger charge is -2.12. The first-order valence-electron chi connectivity index (χ1n) is 12.3. The number of benzene rings is 3. The number of methoxy groups -OCH3 is 2. The molecule has 0 saturated carbocycles. The minimum absolute atomic E-state index is 0.0597. The predicted octanol–water partition coefficient (Wildman–Crippen LogP) is 5.28. The molecule has 4 rings (SSSR count). The molecule has 0 aliphatic carbocycles. The van der Waals surface area contributed by atoms with Crippen molar-refractivity contribution in [2.45, 2.75) is 32.2 Å². The van der Waals surface area contributed by atoms with Gasteiger partial charge in [-0.1, -0.05) is 24.6 Å². The Bertz CT molecular complexity index is 1270. The highest BCUT2D eigenvalue weighted by atomic mass is 16.5. The first-order chi connectivity index (χ1) is 17.7. The highest BCUT2D eigenvalue weighted by Gasteiger charge is 2.11. The van der Waals surface area contributed by atoms with E-state index in [2.05, 4.69) is 16.0 Å². The van der Waals surface area contributed by atoms with Crippen molar-refractivity contribution in [1.29, 1.82) is 0 Å². The first-order valence-corrected chi connectivity index (χ1v) is 12.3. The van der Waals surface area contributed by atoms with E-state index < -0.39 is 0 Å². The van der Waals surface area contributed by atoms with Crippen molar-refractivity contribution in [3.05, 3.63) is 84.2 Å². The van der Waals surface area contributed by atoms with Crippen molar-refractivity contribution < 1.29 is 19.0 Å². The quantitative estimate of drug-likeness (QED) is 0.260. The van der Waals surface area contributed by atoms with E-state index in [-0.39, 0.29) is 5.91 Å². The third kappa shape index (κ3) is 6.56. The van der Waals surface area contributed by atoms with Crippen molar-refractivity contribution in [1.82, 2.24) is 14.9 Å². The Morgan fingerprint density at radius 2 is 1.64 bits per heavy atom. The maximum atomic E-state index is 12.3. The normalized spacial score (nSPS) is 10.8. The summed E-state index contributed by atoms with van der Waals surface area (Å²) in [5, 5.41) is 2.99. The van der Waals surface area contributed by atoms with Gasteiger partial charge in [0.05, 0.1) is 31.8 Å². The van der Waals surface area contributed by atoms with Gasteiger partial charge in [0.15, 0.2) is 0 Å². The van der Waals surface area contributed by atoms with Crippen LogP contribution in [0, 0.1) is 0 Å². The molecule has 4 aromatic rings. The van der Waals surface area contributed by atoms with Gasteiger partial charge in [0, 0.05) is 24.6 Å². The molecule has 0 spiro atoms. The second-order valence-electron chi connectivity index (χ2n) is 8.49. The standard InChI is InChI=1S/C29H33N3O4/c1-34-23-16-14-22(15-17-23)29(33)30-18-7-3-4-13-28-31-26-11-5-6-12-27(26)32(28)19-20-36-25-10-8-9-24(21-25)35-2/h5-6,8-12,14-17,21H,3-4,7,13,18-20H2,1-2H3,(H,30,33). The third-order valence-corrected chi connectivity index (χ3v) is 6.07. The van der Waals surface area contributed by atoms with Crippen LogP contribution < -0.4 is 19.5 Å². The second-order valence-corrected chi connectivity index (χ2v) is 8.49. The molecule has 7 nitrogen and oxygen atoms in total. The van der Waals surface area contributed by atoms with Crippen molar-refractivity contribution >= 4 is 16.9 Å². The number of unbranched alkanes of at least 4 members (excludes halogenated alkanes) is 2. The molecule has 0 atom stereocenters. The van der Waals surface area contributed by atoms with E-state index in [1.165, 1.54) is 0 Å². The highest BCUT2D eigenvalue weighted by Crippen LogP contribution is 2.21. The van der Waals surface area contributed by atoms with Crippen molar-refractivity contribution in [2.24, 2.45) is 0 Å². The maximum absolute atomic E-state index is 12.3. The first kappa shape index (κ1) is 25.1. The molecular formula is C29H33N3O4. The van der Waals surface area contributed by atoms with Crippen LogP contribution >= 0.6 is 0 Å². The van der Waals surface area contributed by atoms with Gasteiger partial charge in [-0.05, 0) is 61.4 Å².